The van der Waals surface area contributed by atoms with Crippen molar-refractivity contribution >= 4 is 34.0 Å². The van der Waals surface area contributed by atoms with E-state index >= 15 is 4.79 Å². The highest BCUT2D eigenvalue weighted by Gasteiger charge is 2.43. The standard InChI is InChI=1S/C79H84N4O11/c1-48-13-10-19-57-20-12-22-64-66-46-80-45-56(66)44-79(48,57)31-27-61(93-49(2)85)41-60(88)43-70(55-38-73(91)78(74(39-55)92-3)94-62-37-54(36-59(87)42-62)63(30-34-84)50-14-6-4-7-15-50)83-47-67-68(24-23-65-72(90)26-25-69(83)77(65)67)82(33-29-71(89)51-16-8-5-9-17-51)75-40-53(28-32-81-75)76(64)52-18-11-21-58(86)35-52/h4,6-7,10-11,13-15,18-19,21,23-24,28,35-40,42,45-48,51,61,63-64,70,72,76,80-81,84,86-87,90-91H,5,8-9,16-17,20,25-27,29-34,41,43-44H2,1-3H3/t48-,61+,63+,64+,70-,72+,76+,79+/m0/s1. The minimum absolute atomic E-state index is 0.0258. The van der Waals surface area contributed by atoms with Crippen LogP contribution < -0.4 is 19.7 Å². The van der Waals surface area contributed by atoms with Gasteiger partial charge in [0.1, 0.15) is 40.7 Å². The second kappa shape index (κ2) is 27.4. The summed E-state index contributed by atoms with van der Waals surface area (Å²) < 4.78 is 21.0. The number of aliphatic hydroxyl groups is 2. The number of carbonyl (C=O) groups excluding carboxylic acids is 3. The van der Waals surface area contributed by atoms with Crippen LogP contribution in [0.5, 0.6) is 34.5 Å². The molecule has 7 N–H and O–H groups in total. The summed E-state index contributed by atoms with van der Waals surface area (Å²) in [5.41, 5.74) is 9.19. The van der Waals surface area contributed by atoms with Crippen LogP contribution >= 0.6 is 0 Å². The Hall–Kier alpha value is -9.23. The van der Waals surface area contributed by atoms with Gasteiger partial charge in [-0.2, -0.15) is 0 Å². The van der Waals surface area contributed by atoms with Crippen molar-refractivity contribution in [2.45, 2.75) is 146 Å². The van der Waals surface area contributed by atoms with Crippen LogP contribution in [0.4, 0.5) is 5.69 Å². The Balaban J connectivity index is 0.995. The predicted molar refractivity (Wildman–Crippen MR) is 362 cm³/mol. The number of ether oxygens (including phenoxy) is 3. The minimum Gasteiger partial charge on any atom is -0.508 e. The van der Waals surface area contributed by atoms with Crippen molar-refractivity contribution in [2.24, 2.45) is 17.3 Å². The van der Waals surface area contributed by atoms with Crippen molar-refractivity contribution < 1.29 is 54.1 Å². The number of aromatic amines is 1. The molecule has 1 fully saturated rings. The van der Waals surface area contributed by atoms with E-state index in [1.807, 2.05) is 54.6 Å². The van der Waals surface area contributed by atoms with Gasteiger partial charge in [0.05, 0.1) is 30.9 Å². The molecule has 486 valence electrons. The quantitative estimate of drug-likeness (QED) is 0.0399. The van der Waals surface area contributed by atoms with Gasteiger partial charge in [0.25, 0.3) is 0 Å². The van der Waals surface area contributed by atoms with Crippen molar-refractivity contribution in [1.82, 2.24) is 14.9 Å². The SMILES string of the molecule is COc1cc([C@@H]2CC(=O)C[C@H](OC(C)=O)CC[C@]34Cc5c[nH]cc5[C@@H](C#CCC3=CC=C[C@@H]4C)[C@H](c3cccc(O)c3)C3=CCNC(=C3)N(CCC(=O)C3CCCCC3)c3ccc4c5c(n2cc35)CC[C@H]4O)cc(O)c1Oc1cc(O)cc([C@H](CCO)c2ccccc2)c1. The predicted octanol–water partition coefficient (Wildman–Crippen LogP) is 14.4. The molecule has 6 bridgehead atoms. The summed E-state index contributed by atoms with van der Waals surface area (Å²) in [6, 6.07) is 28.6. The monoisotopic (exact) mass is 1260 g/mol. The highest BCUT2D eigenvalue weighted by Crippen LogP contribution is 2.53. The first kappa shape index (κ1) is 63.5. The van der Waals surface area contributed by atoms with E-state index in [-0.39, 0.29) is 102 Å². The van der Waals surface area contributed by atoms with E-state index in [1.165, 1.54) is 20.1 Å². The number of ketones is 2. The molecule has 7 aromatic rings. The molecule has 4 aliphatic carbocycles. The number of anilines is 1. The molecule has 6 aliphatic rings. The summed E-state index contributed by atoms with van der Waals surface area (Å²) >= 11 is 0. The zero-order chi connectivity index (χ0) is 65.2. The van der Waals surface area contributed by atoms with Crippen LogP contribution in [0.2, 0.25) is 0 Å². The molecule has 15 heteroatoms. The Morgan fingerprint density at radius 1 is 0.872 bits per heavy atom. The third-order valence-corrected chi connectivity index (χ3v) is 20.9. The Bertz CT molecular complexity index is 4210. The van der Waals surface area contributed by atoms with E-state index in [2.05, 4.69) is 93.6 Å². The van der Waals surface area contributed by atoms with E-state index in [0.717, 1.165) is 99.0 Å². The van der Waals surface area contributed by atoms with Crippen LogP contribution in [-0.4, -0.2) is 85.5 Å². The normalized spacial score (nSPS) is 23.4. The summed E-state index contributed by atoms with van der Waals surface area (Å²) in [5, 5.41) is 62.5. The summed E-state index contributed by atoms with van der Waals surface area (Å²) in [5.74, 6) is 6.87. The van der Waals surface area contributed by atoms with Crippen LogP contribution in [-0.2, 0) is 32.0 Å². The summed E-state index contributed by atoms with van der Waals surface area (Å²) in [6.07, 6.45) is 23.7. The topological polar surface area (TPSA) is 216 Å². The maximum Gasteiger partial charge on any atom is 0.302 e. The number of carbonyl (C=O) groups is 3. The molecule has 2 aliphatic heterocycles. The number of allylic oxidation sites excluding steroid dienone is 6. The summed E-state index contributed by atoms with van der Waals surface area (Å²) in [7, 11) is 1.47. The smallest absolute Gasteiger partial charge is 0.302 e. The molecule has 5 aromatic carbocycles. The molecule has 4 heterocycles. The molecular formula is C79H84N4O11. The number of aryl methyl sites for hydroxylation is 1. The molecular weight excluding hydrogens is 1180 g/mol. The van der Waals surface area contributed by atoms with E-state index < -0.39 is 29.6 Å². The number of H-pyrrole nitrogens is 1. The van der Waals surface area contributed by atoms with Crippen molar-refractivity contribution in [3.63, 3.8) is 0 Å². The summed E-state index contributed by atoms with van der Waals surface area (Å²) in [4.78, 5) is 49.2. The van der Waals surface area contributed by atoms with Gasteiger partial charge in [0.2, 0.25) is 5.75 Å². The van der Waals surface area contributed by atoms with Crippen molar-refractivity contribution in [3.05, 3.63) is 208 Å². The highest BCUT2D eigenvalue weighted by atomic mass is 16.5. The fraction of sp³-hybridized carbons (Fsp3) is 0.380. The van der Waals surface area contributed by atoms with Gasteiger partial charge in [-0.25, -0.2) is 0 Å². The number of hydrogen-bond donors (Lipinski definition) is 7. The number of hydrogen-bond acceptors (Lipinski definition) is 13. The van der Waals surface area contributed by atoms with E-state index in [1.54, 1.807) is 30.3 Å². The van der Waals surface area contributed by atoms with Crippen LogP contribution in [0.3, 0.4) is 0 Å². The number of nitrogens with one attached hydrogen (secondary N) is 2. The lowest BCUT2D eigenvalue weighted by Crippen LogP contribution is -2.37. The number of aromatic hydroxyl groups is 3. The second-order valence-electron chi connectivity index (χ2n) is 26.6. The molecule has 8 atom stereocenters. The number of fused-ring (bicyclic) bond motifs is 3. The first-order valence-corrected chi connectivity index (χ1v) is 33.5. The number of rotatable bonds is 14. The van der Waals surface area contributed by atoms with Gasteiger partial charge >= 0.3 is 5.97 Å². The first-order chi connectivity index (χ1) is 45.7. The van der Waals surface area contributed by atoms with Crippen LogP contribution in [0, 0.1) is 29.1 Å². The molecule has 2 aromatic heterocycles. The van der Waals surface area contributed by atoms with Crippen LogP contribution in [0.1, 0.15) is 172 Å². The largest absolute Gasteiger partial charge is 0.508 e. The van der Waals surface area contributed by atoms with Gasteiger partial charge in [0, 0.05) is 117 Å². The molecule has 15 nitrogen and oxygen atoms in total. The first-order valence-electron chi connectivity index (χ1n) is 33.5. The van der Waals surface area contributed by atoms with E-state index in [4.69, 9.17) is 14.2 Å². The Kier molecular flexibility index (Phi) is 18.5. The third kappa shape index (κ3) is 12.8. The van der Waals surface area contributed by atoms with Gasteiger partial charge < -0.3 is 59.5 Å². The number of phenolic OH excluding ortho intramolecular Hbond substituents is 3. The molecule has 1 spiro atoms. The lowest BCUT2D eigenvalue weighted by molar-refractivity contribution is -0.148. The number of dihydropyridines is 1. The number of nitrogens with zero attached hydrogens (tertiary/aromatic N) is 2. The number of phenols is 3. The van der Waals surface area contributed by atoms with Crippen molar-refractivity contribution in [3.8, 4) is 46.3 Å². The third-order valence-electron chi connectivity index (χ3n) is 20.9. The van der Waals surface area contributed by atoms with Gasteiger partial charge in [-0.15, -0.1) is 0 Å². The van der Waals surface area contributed by atoms with Gasteiger partial charge in [-0.05, 0) is 150 Å². The van der Waals surface area contributed by atoms with Crippen LogP contribution in [0.15, 0.2) is 163 Å². The van der Waals surface area contributed by atoms with Crippen molar-refractivity contribution in [2.75, 3.05) is 31.7 Å². The van der Waals surface area contributed by atoms with Gasteiger partial charge in [-0.1, -0.05) is 116 Å². The van der Waals surface area contributed by atoms with Crippen molar-refractivity contribution in [1.29, 1.82) is 0 Å². The Morgan fingerprint density at radius 3 is 2.51 bits per heavy atom. The molecule has 94 heavy (non-hydrogen) atoms. The fourth-order valence-corrected chi connectivity index (χ4v) is 16.3. The van der Waals surface area contributed by atoms with Gasteiger partial charge in [0.15, 0.2) is 11.5 Å². The van der Waals surface area contributed by atoms with Crippen LogP contribution in [0.25, 0.3) is 10.8 Å². The maximum absolute atomic E-state index is 15.6. The highest BCUT2D eigenvalue weighted by molar-refractivity contribution is 6.00. The van der Waals surface area contributed by atoms with Gasteiger partial charge in [-0.3, -0.25) is 14.4 Å². The number of benzene rings is 5. The molecule has 13 rings (SSSR count). The molecule has 0 unspecified atom stereocenters. The zero-order valence-corrected chi connectivity index (χ0v) is 53.8. The Morgan fingerprint density at radius 2 is 1.71 bits per heavy atom. The molecule has 0 amide bonds. The average Bonchev–Trinajstić information content (AvgIpc) is 1.54. The Labute approximate surface area is 549 Å². The molecule has 0 radical (unpaired) electrons. The number of esters is 1. The lowest BCUT2D eigenvalue weighted by Gasteiger charge is -2.43. The number of Topliss-reactive ketones (excluding diaryl/α,β-unsaturated/α-hetero) is 2. The maximum atomic E-state index is 15.6. The lowest BCUT2D eigenvalue weighted by atomic mass is 9.61. The zero-order valence-electron chi connectivity index (χ0n) is 53.8. The molecule has 0 saturated heterocycles. The molecule has 1 saturated carbocycles. The average molecular weight is 1270 g/mol. The minimum atomic E-state index is -0.819. The number of aromatic nitrogens is 2. The van der Waals surface area contributed by atoms with E-state index in [0.29, 0.717) is 69.2 Å². The number of aliphatic hydroxyl groups excluding tert-OH is 2. The summed E-state index contributed by atoms with van der Waals surface area (Å²) in [6.45, 7) is 4.28. The van der Waals surface area contributed by atoms with E-state index in [9.17, 15) is 35.1 Å². The second-order valence-corrected chi connectivity index (χ2v) is 26.6. The number of methoxy groups -OCH3 is 1. The fourth-order valence-electron chi connectivity index (χ4n) is 16.3.